The Bertz CT molecular complexity index is 451. The average molecular weight is 462 g/mol. The van der Waals surface area contributed by atoms with Crippen molar-refractivity contribution in [3.63, 3.8) is 0 Å². The van der Waals surface area contributed by atoms with Crippen LogP contribution < -0.4 is 10.6 Å². The van der Waals surface area contributed by atoms with E-state index in [1.54, 1.807) is 0 Å². The summed E-state index contributed by atoms with van der Waals surface area (Å²) in [6.45, 7) is 5.60. The van der Waals surface area contributed by atoms with Crippen LogP contribution in [0.25, 0.3) is 0 Å². The molecule has 1 saturated heterocycles. The highest BCUT2D eigenvalue weighted by Gasteiger charge is 2.43. The number of carbonyl (C=O) groups excluding carboxylic acids is 1. The van der Waals surface area contributed by atoms with E-state index in [9.17, 15) is 4.79 Å². The fraction of sp³-hybridized carbons (Fsp3) is 0.895. The van der Waals surface area contributed by atoms with Gasteiger partial charge in [-0.1, -0.05) is 32.1 Å². The summed E-state index contributed by atoms with van der Waals surface area (Å²) in [5.41, 5.74) is 0. The largest absolute Gasteiger partial charge is 0.357 e. The van der Waals surface area contributed by atoms with Crippen LogP contribution in [0.3, 0.4) is 0 Å². The molecule has 0 aromatic rings. The minimum absolute atomic E-state index is 0. The zero-order valence-corrected chi connectivity index (χ0v) is 18.0. The summed E-state index contributed by atoms with van der Waals surface area (Å²) in [5, 5.41) is 7.01. The first kappa shape index (κ1) is 20.8. The van der Waals surface area contributed by atoms with Gasteiger partial charge in [-0.2, -0.15) is 0 Å². The number of guanidine groups is 1. The first-order chi connectivity index (χ1) is 11.8. The minimum atomic E-state index is 0. The third kappa shape index (κ3) is 6.29. The van der Waals surface area contributed by atoms with Crippen LogP contribution in [-0.4, -0.2) is 49.0 Å². The van der Waals surface area contributed by atoms with Crippen molar-refractivity contribution >= 4 is 35.8 Å². The van der Waals surface area contributed by atoms with Gasteiger partial charge in [0.05, 0.1) is 0 Å². The van der Waals surface area contributed by atoms with Crippen LogP contribution in [0.5, 0.6) is 0 Å². The molecule has 3 aliphatic rings. The molecule has 6 heteroatoms. The molecule has 1 aliphatic heterocycles. The van der Waals surface area contributed by atoms with Crippen LogP contribution in [0.1, 0.15) is 64.7 Å². The summed E-state index contributed by atoms with van der Waals surface area (Å²) in [6, 6.07) is 0.631. The molecule has 2 saturated carbocycles. The van der Waals surface area contributed by atoms with Gasteiger partial charge in [0.1, 0.15) is 0 Å². The monoisotopic (exact) mass is 462 g/mol. The van der Waals surface area contributed by atoms with E-state index in [4.69, 9.17) is 4.99 Å². The van der Waals surface area contributed by atoms with E-state index in [0.717, 1.165) is 63.2 Å². The highest BCUT2D eigenvalue weighted by atomic mass is 127. The van der Waals surface area contributed by atoms with E-state index in [-0.39, 0.29) is 24.0 Å². The van der Waals surface area contributed by atoms with Gasteiger partial charge in [0.2, 0.25) is 5.91 Å². The van der Waals surface area contributed by atoms with Crippen molar-refractivity contribution in [3.8, 4) is 0 Å². The quantitative estimate of drug-likeness (QED) is 0.265. The molecule has 0 spiro atoms. The van der Waals surface area contributed by atoms with Crippen molar-refractivity contribution in [2.75, 3.05) is 26.2 Å². The molecule has 5 nitrogen and oxygen atoms in total. The van der Waals surface area contributed by atoms with E-state index in [1.165, 1.54) is 38.5 Å². The molecule has 0 aromatic heterocycles. The Kier molecular flexibility index (Phi) is 8.79. The second-order valence-corrected chi connectivity index (χ2v) is 7.65. The number of rotatable bonds is 7. The molecular formula is C19H35IN4O. The lowest BCUT2D eigenvalue weighted by atomic mass is 9.85. The number of halogens is 1. The number of carbonyl (C=O) groups is 1. The number of nitrogens with one attached hydrogen (secondary N) is 2. The molecule has 3 rings (SSSR count). The van der Waals surface area contributed by atoms with Gasteiger partial charge in [-0.25, -0.2) is 0 Å². The highest BCUT2D eigenvalue weighted by molar-refractivity contribution is 14.0. The van der Waals surface area contributed by atoms with Crippen molar-refractivity contribution in [1.82, 2.24) is 15.5 Å². The summed E-state index contributed by atoms with van der Waals surface area (Å²) in [7, 11) is 0. The minimum Gasteiger partial charge on any atom is -0.357 e. The normalized spacial score (nSPS) is 27.2. The van der Waals surface area contributed by atoms with Gasteiger partial charge in [-0.15, -0.1) is 24.0 Å². The first-order valence-electron chi connectivity index (χ1n) is 10.1. The summed E-state index contributed by atoms with van der Waals surface area (Å²) in [4.78, 5) is 18.3. The number of nitrogens with zero attached hydrogens (tertiary/aromatic N) is 2. The van der Waals surface area contributed by atoms with Crippen LogP contribution in [0, 0.1) is 11.8 Å². The van der Waals surface area contributed by atoms with Crippen molar-refractivity contribution in [2.45, 2.75) is 70.8 Å². The van der Waals surface area contributed by atoms with Crippen LogP contribution in [0.15, 0.2) is 4.99 Å². The van der Waals surface area contributed by atoms with Crippen LogP contribution in [0.2, 0.25) is 0 Å². The second-order valence-electron chi connectivity index (χ2n) is 7.65. The summed E-state index contributed by atoms with van der Waals surface area (Å²) < 4.78 is 0. The van der Waals surface area contributed by atoms with Gasteiger partial charge in [0.15, 0.2) is 5.96 Å². The summed E-state index contributed by atoms with van der Waals surface area (Å²) >= 11 is 0. The van der Waals surface area contributed by atoms with Crippen molar-refractivity contribution in [3.05, 3.63) is 0 Å². The van der Waals surface area contributed by atoms with E-state index >= 15 is 0 Å². The Morgan fingerprint density at radius 2 is 2.04 bits per heavy atom. The van der Waals surface area contributed by atoms with Crippen molar-refractivity contribution < 1.29 is 4.79 Å². The predicted octanol–water partition coefficient (Wildman–Crippen LogP) is 3.14. The molecule has 25 heavy (non-hydrogen) atoms. The van der Waals surface area contributed by atoms with E-state index in [2.05, 4.69) is 17.6 Å². The Hall–Kier alpha value is -0.530. The van der Waals surface area contributed by atoms with Crippen LogP contribution >= 0.6 is 24.0 Å². The van der Waals surface area contributed by atoms with E-state index in [0.29, 0.717) is 11.9 Å². The van der Waals surface area contributed by atoms with E-state index in [1.807, 2.05) is 4.90 Å². The maximum Gasteiger partial charge on any atom is 0.222 e. The van der Waals surface area contributed by atoms with Gasteiger partial charge in [-0.3, -0.25) is 9.79 Å². The third-order valence-corrected chi connectivity index (χ3v) is 5.79. The zero-order chi connectivity index (χ0) is 16.8. The predicted molar refractivity (Wildman–Crippen MR) is 113 cm³/mol. The Morgan fingerprint density at radius 3 is 2.72 bits per heavy atom. The molecular weight excluding hydrogens is 427 g/mol. The molecule has 2 N–H and O–H groups in total. The molecule has 0 bridgehead atoms. The van der Waals surface area contributed by atoms with Crippen LogP contribution in [0.4, 0.5) is 0 Å². The topological polar surface area (TPSA) is 56.7 Å². The Labute approximate surface area is 169 Å². The molecule has 2 atom stereocenters. The molecule has 0 radical (unpaired) electrons. The fourth-order valence-corrected chi connectivity index (χ4v) is 4.35. The smallest absolute Gasteiger partial charge is 0.222 e. The molecule has 2 unspecified atom stereocenters. The van der Waals surface area contributed by atoms with Gasteiger partial charge < -0.3 is 15.5 Å². The number of likely N-dealkylation sites (tertiary alicyclic amines) is 1. The first-order valence-corrected chi connectivity index (χ1v) is 10.1. The van der Waals surface area contributed by atoms with E-state index < -0.39 is 0 Å². The Balaban J connectivity index is 0.00000225. The zero-order valence-electron chi connectivity index (χ0n) is 15.6. The highest BCUT2D eigenvalue weighted by Crippen LogP contribution is 2.44. The molecule has 2 aliphatic carbocycles. The van der Waals surface area contributed by atoms with Crippen LogP contribution in [-0.2, 0) is 4.79 Å². The Morgan fingerprint density at radius 1 is 1.24 bits per heavy atom. The van der Waals surface area contributed by atoms with Gasteiger partial charge >= 0.3 is 0 Å². The van der Waals surface area contributed by atoms with Gasteiger partial charge in [-0.05, 0) is 38.0 Å². The van der Waals surface area contributed by atoms with Gasteiger partial charge in [0, 0.05) is 38.6 Å². The maximum atomic E-state index is 11.6. The number of aliphatic imine (C=N–C) groups is 1. The standard InChI is InChI=1S/C19H34N4O.HI/c1-2-20-19(21-11-7-13-23-12-6-10-18(23)24)22-17-14-16(17)15-8-4-3-5-9-15;/h15-17H,2-14H2,1H3,(H2,20,21,22);1H. The summed E-state index contributed by atoms with van der Waals surface area (Å²) in [6.07, 6.45) is 11.2. The number of hydrogen-bond donors (Lipinski definition) is 2. The third-order valence-electron chi connectivity index (χ3n) is 5.79. The molecule has 0 aromatic carbocycles. The lowest BCUT2D eigenvalue weighted by Gasteiger charge is -2.22. The van der Waals surface area contributed by atoms with Gasteiger partial charge in [0.25, 0.3) is 0 Å². The maximum absolute atomic E-state index is 11.6. The number of amides is 1. The lowest BCUT2D eigenvalue weighted by molar-refractivity contribution is -0.127. The summed E-state index contributed by atoms with van der Waals surface area (Å²) in [5.74, 6) is 3.10. The SMILES string of the molecule is CCNC(=NCCCN1CCCC1=O)NC1CC1C1CCCCC1.I. The average Bonchev–Trinajstić information content (AvgIpc) is 3.25. The molecule has 1 amide bonds. The fourth-order valence-electron chi connectivity index (χ4n) is 4.35. The lowest BCUT2D eigenvalue weighted by Crippen LogP contribution is -2.39. The molecule has 3 fully saturated rings. The second kappa shape index (κ2) is 10.6. The van der Waals surface area contributed by atoms with Crippen molar-refractivity contribution in [1.29, 1.82) is 0 Å². The number of hydrogen-bond acceptors (Lipinski definition) is 2. The van der Waals surface area contributed by atoms with Crippen molar-refractivity contribution in [2.24, 2.45) is 16.8 Å². The molecule has 144 valence electrons. The molecule has 1 heterocycles.